The highest BCUT2D eigenvalue weighted by molar-refractivity contribution is 5.77. The van der Waals surface area contributed by atoms with Gasteiger partial charge in [0.05, 0.1) is 43.7 Å². The summed E-state index contributed by atoms with van der Waals surface area (Å²) in [5, 5.41) is 0. The fourth-order valence-corrected chi connectivity index (χ4v) is 3.47. The van der Waals surface area contributed by atoms with Gasteiger partial charge in [0.2, 0.25) is 5.91 Å². The quantitative estimate of drug-likeness (QED) is 0.792. The molecular formula is C18H27N3O3. The lowest BCUT2D eigenvalue weighted by molar-refractivity contribution is -0.133. The zero-order valence-corrected chi connectivity index (χ0v) is 14.4. The maximum absolute atomic E-state index is 12.4. The summed E-state index contributed by atoms with van der Waals surface area (Å²) in [6, 6.07) is 6.30. The van der Waals surface area contributed by atoms with Gasteiger partial charge in [-0.3, -0.25) is 14.7 Å². The fourth-order valence-electron chi connectivity index (χ4n) is 3.47. The molecule has 1 aromatic heterocycles. The summed E-state index contributed by atoms with van der Waals surface area (Å²) in [7, 11) is 1.63. The van der Waals surface area contributed by atoms with Crippen molar-refractivity contribution in [3.63, 3.8) is 0 Å². The van der Waals surface area contributed by atoms with E-state index < -0.39 is 0 Å². The van der Waals surface area contributed by atoms with Crippen LogP contribution in [0.3, 0.4) is 0 Å². The molecule has 2 fully saturated rings. The molecule has 0 spiro atoms. The van der Waals surface area contributed by atoms with Gasteiger partial charge in [0.25, 0.3) is 0 Å². The van der Waals surface area contributed by atoms with Crippen molar-refractivity contribution in [3.8, 4) is 0 Å². The molecule has 2 aliphatic heterocycles. The summed E-state index contributed by atoms with van der Waals surface area (Å²) in [6.07, 6.45) is 2.48. The summed E-state index contributed by atoms with van der Waals surface area (Å²) < 4.78 is 10.4. The number of carbonyl (C=O) groups excluding carboxylic acids is 1. The molecule has 0 aliphatic carbocycles. The van der Waals surface area contributed by atoms with Gasteiger partial charge in [0.15, 0.2) is 0 Å². The van der Waals surface area contributed by atoms with Crippen LogP contribution in [0, 0.1) is 0 Å². The van der Waals surface area contributed by atoms with Crippen molar-refractivity contribution in [3.05, 3.63) is 29.6 Å². The number of amides is 1. The van der Waals surface area contributed by atoms with Crippen LogP contribution >= 0.6 is 0 Å². The molecule has 0 aromatic carbocycles. The van der Waals surface area contributed by atoms with Crippen molar-refractivity contribution < 1.29 is 14.3 Å². The molecular weight excluding hydrogens is 306 g/mol. The Morgan fingerprint density at radius 3 is 2.96 bits per heavy atom. The summed E-state index contributed by atoms with van der Waals surface area (Å²) in [4.78, 5) is 21.6. The van der Waals surface area contributed by atoms with Gasteiger partial charge in [-0.05, 0) is 25.0 Å². The van der Waals surface area contributed by atoms with Crippen molar-refractivity contribution in [1.82, 2.24) is 14.8 Å². The Labute approximate surface area is 143 Å². The molecule has 0 radical (unpaired) electrons. The molecule has 2 saturated heterocycles. The van der Waals surface area contributed by atoms with Crippen LogP contribution in [-0.2, 0) is 20.8 Å². The van der Waals surface area contributed by atoms with Crippen molar-refractivity contribution in [2.24, 2.45) is 0 Å². The molecule has 24 heavy (non-hydrogen) atoms. The van der Waals surface area contributed by atoms with Gasteiger partial charge in [0, 0.05) is 33.3 Å². The maximum atomic E-state index is 12.4. The minimum Gasteiger partial charge on any atom is -0.384 e. The Hall–Kier alpha value is -1.50. The second kappa shape index (κ2) is 8.55. The first-order valence-corrected chi connectivity index (χ1v) is 8.82. The number of carbonyl (C=O) groups is 1. The van der Waals surface area contributed by atoms with Gasteiger partial charge in [0.1, 0.15) is 0 Å². The molecule has 1 aromatic rings. The van der Waals surface area contributed by atoms with Crippen molar-refractivity contribution in [2.75, 3.05) is 46.6 Å². The summed E-state index contributed by atoms with van der Waals surface area (Å²) in [6.45, 7) is 5.65. The predicted octanol–water partition coefficient (Wildman–Crippen LogP) is 1.61. The second-order valence-electron chi connectivity index (χ2n) is 6.43. The molecule has 2 aliphatic rings. The topological polar surface area (TPSA) is 54.9 Å². The van der Waals surface area contributed by atoms with E-state index in [4.69, 9.17) is 14.5 Å². The lowest BCUT2D eigenvalue weighted by Gasteiger charge is -2.27. The smallest absolute Gasteiger partial charge is 0.225 e. The molecule has 0 unspecified atom stereocenters. The zero-order chi connectivity index (χ0) is 16.8. The molecule has 1 atom stereocenters. The van der Waals surface area contributed by atoms with Crippen LogP contribution < -0.4 is 0 Å². The van der Waals surface area contributed by atoms with Crippen LogP contribution in [0.15, 0.2) is 18.2 Å². The van der Waals surface area contributed by atoms with Gasteiger partial charge in [-0.1, -0.05) is 6.07 Å². The molecule has 6 heteroatoms. The summed E-state index contributed by atoms with van der Waals surface area (Å²) in [5.41, 5.74) is 2.09. The van der Waals surface area contributed by atoms with Gasteiger partial charge in [-0.15, -0.1) is 0 Å². The number of nitrogens with zero attached hydrogens (tertiary/aromatic N) is 3. The van der Waals surface area contributed by atoms with Gasteiger partial charge < -0.3 is 14.4 Å². The molecule has 0 saturated carbocycles. The number of ether oxygens (including phenoxy) is 2. The number of methoxy groups -OCH3 is 1. The van der Waals surface area contributed by atoms with Crippen LogP contribution in [0.25, 0.3) is 0 Å². The van der Waals surface area contributed by atoms with Crippen LogP contribution in [0.4, 0.5) is 0 Å². The van der Waals surface area contributed by atoms with E-state index in [2.05, 4.69) is 23.1 Å². The third kappa shape index (κ3) is 4.32. The number of morpholine rings is 1. The Kier molecular flexibility index (Phi) is 6.18. The fraction of sp³-hybridized carbons (Fsp3) is 0.667. The number of hydrogen-bond donors (Lipinski definition) is 0. The monoisotopic (exact) mass is 333 g/mol. The van der Waals surface area contributed by atoms with E-state index in [1.807, 2.05) is 4.90 Å². The minimum atomic E-state index is 0.110. The molecule has 132 valence electrons. The molecule has 3 heterocycles. The number of likely N-dealkylation sites (tertiary alicyclic amines) is 1. The SMILES string of the molecule is COCCC(=O)N1CCC[C@H]1c1cccc(CN2CCOCC2)n1. The van der Waals surface area contributed by atoms with E-state index >= 15 is 0 Å². The van der Waals surface area contributed by atoms with E-state index in [-0.39, 0.29) is 11.9 Å². The molecule has 0 bridgehead atoms. The first-order valence-electron chi connectivity index (χ1n) is 8.82. The van der Waals surface area contributed by atoms with Gasteiger partial charge in [-0.2, -0.15) is 0 Å². The number of rotatable bonds is 6. The average molecular weight is 333 g/mol. The Morgan fingerprint density at radius 2 is 2.17 bits per heavy atom. The second-order valence-corrected chi connectivity index (χ2v) is 6.43. The van der Waals surface area contributed by atoms with E-state index in [0.717, 1.165) is 63.6 Å². The average Bonchev–Trinajstić information content (AvgIpc) is 3.11. The first kappa shape index (κ1) is 17.3. The largest absolute Gasteiger partial charge is 0.384 e. The minimum absolute atomic E-state index is 0.110. The van der Waals surface area contributed by atoms with Crippen LogP contribution in [0.1, 0.15) is 36.7 Å². The van der Waals surface area contributed by atoms with E-state index in [0.29, 0.717) is 13.0 Å². The highest BCUT2D eigenvalue weighted by Crippen LogP contribution is 2.31. The normalized spacial score (nSPS) is 22.0. The Morgan fingerprint density at radius 1 is 1.33 bits per heavy atom. The van der Waals surface area contributed by atoms with Crippen LogP contribution in [0.2, 0.25) is 0 Å². The van der Waals surface area contributed by atoms with Crippen molar-refractivity contribution in [2.45, 2.75) is 31.8 Å². The van der Waals surface area contributed by atoms with Gasteiger partial charge in [-0.25, -0.2) is 0 Å². The Bertz CT molecular complexity index is 546. The lowest BCUT2D eigenvalue weighted by Crippen LogP contribution is -2.36. The zero-order valence-electron chi connectivity index (χ0n) is 14.4. The third-order valence-corrected chi connectivity index (χ3v) is 4.75. The molecule has 3 rings (SSSR count). The standard InChI is InChI=1S/C18H27N3O3/c1-23-11-7-18(22)21-8-3-6-17(21)16-5-2-4-15(19-16)14-20-9-12-24-13-10-20/h2,4-5,17H,3,6-14H2,1H3/t17-/m0/s1. The molecule has 1 amide bonds. The highest BCUT2D eigenvalue weighted by atomic mass is 16.5. The lowest BCUT2D eigenvalue weighted by atomic mass is 10.1. The predicted molar refractivity (Wildman–Crippen MR) is 90.5 cm³/mol. The van der Waals surface area contributed by atoms with E-state index in [1.54, 1.807) is 7.11 Å². The number of pyridine rings is 1. The van der Waals surface area contributed by atoms with Gasteiger partial charge >= 0.3 is 0 Å². The summed E-state index contributed by atoms with van der Waals surface area (Å²) >= 11 is 0. The highest BCUT2D eigenvalue weighted by Gasteiger charge is 2.30. The van der Waals surface area contributed by atoms with Crippen molar-refractivity contribution in [1.29, 1.82) is 0 Å². The van der Waals surface area contributed by atoms with E-state index in [1.165, 1.54) is 0 Å². The van der Waals surface area contributed by atoms with Crippen LogP contribution in [-0.4, -0.2) is 67.3 Å². The number of aromatic nitrogens is 1. The number of hydrogen-bond acceptors (Lipinski definition) is 5. The van der Waals surface area contributed by atoms with Crippen LogP contribution in [0.5, 0.6) is 0 Å². The van der Waals surface area contributed by atoms with E-state index in [9.17, 15) is 4.79 Å². The molecule has 6 nitrogen and oxygen atoms in total. The summed E-state index contributed by atoms with van der Waals surface area (Å²) in [5.74, 6) is 0.166. The maximum Gasteiger partial charge on any atom is 0.225 e. The molecule has 0 N–H and O–H groups in total. The third-order valence-electron chi connectivity index (χ3n) is 4.75. The Balaban J connectivity index is 1.66. The van der Waals surface area contributed by atoms with Crippen molar-refractivity contribution >= 4 is 5.91 Å². The first-order chi connectivity index (χ1) is 11.8.